The van der Waals surface area contributed by atoms with E-state index in [0.717, 1.165) is 57.9 Å². The van der Waals surface area contributed by atoms with Gasteiger partial charge in [-0.2, -0.15) is 0 Å². The highest BCUT2D eigenvalue weighted by molar-refractivity contribution is 5.69. The van der Waals surface area contributed by atoms with Gasteiger partial charge in [-0.25, -0.2) is 0 Å². The number of rotatable bonds is 40. The van der Waals surface area contributed by atoms with E-state index in [2.05, 4.69) is 25.7 Å². The lowest BCUT2D eigenvalue weighted by atomic mass is 9.91. The van der Waals surface area contributed by atoms with Crippen molar-refractivity contribution < 1.29 is 19.1 Å². The standard InChI is InChI=1S/C45H89NO4/c1-6-9-12-15-18-21-23-27-33-42(34-28-24-22-19-16-13-10-7-2)39-41-49-44(47)37-31-26-30-36-43(35-29-25-20-17-14-11-8-3)50-45(48)38-32-40-46(4)5/h42-43H,6-41H2,1-5H3. The number of carbonyl (C=O) groups excluding carboxylic acids is 2. The third-order valence-corrected chi connectivity index (χ3v) is 10.5. The number of ether oxygens (including phenoxy) is 2. The number of esters is 2. The molecule has 5 nitrogen and oxygen atoms in total. The highest BCUT2D eigenvalue weighted by Crippen LogP contribution is 2.23. The highest BCUT2D eigenvalue weighted by atomic mass is 16.5. The Kier molecular flexibility index (Phi) is 38.3. The van der Waals surface area contributed by atoms with Gasteiger partial charge in [-0.05, 0) is 71.5 Å². The number of hydrogen-bond acceptors (Lipinski definition) is 5. The van der Waals surface area contributed by atoms with Crippen LogP contribution >= 0.6 is 0 Å². The molecule has 0 aliphatic rings. The smallest absolute Gasteiger partial charge is 0.306 e. The van der Waals surface area contributed by atoms with Crippen LogP contribution in [0.1, 0.15) is 239 Å². The maximum Gasteiger partial charge on any atom is 0.306 e. The van der Waals surface area contributed by atoms with Crippen LogP contribution in [0.25, 0.3) is 0 Å². The van der Waals surface area contributed by atoms with Gasteiger partial charge in [-0.15, -0.1) is 0 Å². The molecule has 50 heavy (non-hydrogen) atoms. The molecule has 0 radical (unpaired) electrons. The van der Waals surface area contributed by atoms with Crippen molar-refractivity contribution in [2.24, 2.45) is 5.92 Å². The molecule has 1 unspecified atom stereocenters. The Balaban J connectivity index is 4.43. The SMILES string of the molecule is CCCCCCCCCCC(CCCCCCCCCC)CCOC(=O)CCCCCC(CCCCCCCCC)OC(=O)CCCN(C)C. The molecule has 0 spiro atoms. The first-order chi connectivity index (χ1) is 24.4. The molecule has 1 atom stereocenters. The van der Waals surface area contributed by atoms with Gasteiger partial charge in [0.05, 0.1) is 6.61 Å². The predicted molar refractivity (Wildman–Crippen MR) is 217 cm³/mol. The van der Waals surface area contributed by atoms with Crippen LogP contribution in [0.4, 0.5) is 0 Å². The molecule has 0 aromatic rings. The number of nitrogens with zero attached hydrogens (tertiary/aromatic N) is 1. The molecule has 0 rings (SSSR count). The van der Waals surface area contributed by atoms with E-state index in [1.54, 1.807) is 0 Å². The summed E-state index contributed by atoms with van der Waals surface area (Å²) in [6.07, 6.45) is 41.0. The molecule has 0 aliphatic heterocycles. The fourth-order valence-electron chi connectivity index (χ4n) is 7.17. The van der Waals surface area contributed by atoms with Crippen molar-refractivity contribution in [3.63, 3.8) is 0 Å². The second-order valence-electron chi connectivity index (χ2n) is 15.9. The Morgan fingerprint density at radius 3 is 1.26 bits per heavy atom. The van der Waals surface area contributed by atoms with Crippen molar-refractivity contribution in [1.82, 2.24) is 4.90 Å². The summed E-state index contributed by atoms with van der Waals surface area (Å²) in [6.45, 7) is 8.33. The van der Waals surface area contributed by atoms with Gasteiger partial charge in [-0.3, -0.25) is 9.59 Å². The quantitative estimate of drug-likeness (QED) is 0.0469. The first-order valence-electron chi connectivity index (χ1n) is 22.4. The Morgan fingerprint density at radius 1 is 0.440 bits per heavy atom. The summed E-state index contributed by atoms with van der Waals surface area (Å²) < 4.78 is 11.7. The zero-order valence-corrected chi connectivity index (χ0v) is 34.7. The summed E-state index contributed by atoms with van der Waals surface area (Å²) in [6, 6.07) is 0. The normalized spacial score (nSPS) is 12.2. The number of carbonyl (C=O) groups is 2. The summed E-state index contributed by atoms with van der Waals surface area (Å²) in [5.41, 5.74) is 0. The van der Waals surface area contributed by atoms with Gasteiger partial charge < -0.3 is 14.4 Å². The van der Waals surface area contributed by atoms with Crippen LogP contribution < -0.4 is 0 Å². The molecule has 0 saturated heterocycles. The second kappa shape index (κ2) is 39.1. The van der Waals surface area contributed by atoms with Crippen molar-refractivity contribution in [3.05, 3.63) is 0 Å². The van der Waals surface area contributed by atoms with E-state index in [-0.39, 0.29) is 18.0 Å². The van der Waals surface area contributed by atoms with Gasteiger partial charge in [0.25, 0.3) is 0 Å². The minimum Gasteiger partial charge on any atom is -0.466 e. The van der Waals surface area contributed by atoms with Crippen LogP contribution in [0.15, 0.2) is 0 Å². The van der Waals surface area contributed by atoms with Crippen molar-refractivity contribution in [2.75, 3.05) is 27.2 Å². The number of hydrogen-bond donors (Lipinski definition) is 0. The lowest BCUT2D eigenvalue weighted by Gasteiger charge is -2.19. The maximum atomic E-state index is 12.6. The highest BCUT2D eigenvalue weighted by Gasteiger charge is 2.15. The lowest BCUT2D eigenvalue weighted by Crippen LogP contribution is -2.20. The van der Waals surface area contributed by atoms with E-state index >= 15 is 0 Å². The van der Waals surface area contributed by atoms with E-state index < -0.39 is 0 Å². The fourth-order valence-corrected chi connectivity index (χ4v) is 7.17. The van der Waals surface area contributed by atoms with E-state index in [1.165, 1.54) is 154 Å². The van der Waals surface area contributed by atoms with Crippen molar-refractivity contribution in [3.8, 4) is 0 Å². The van der Waals surface area contributed by atoms with E-state index in [1.807, 2.05) is 14.1 Å². The van der Waals surface area contributed by atoms with Crippen LogP contribution in [-0.2, 0) is 19.1 Å². The van der Waals surface area contributed by atoms with Crippen LogP contribution in [0.2, 0.25) is 0 Å². The lowest BCUT2D eigenvalue weighted by molar-refractivity contribution is -0.150. The summed E-state index contributed by atoms with van der Waals surface area (Å²) >= 11 is 0. The van der Waals surface area contributed by atoms with Crippen LogP contribution in [0.3, 0.4) is 0 Å². The fraction of sp³-hybridized carbons (Fsp3) is 0.956. The molecule has 0 bridgehead atoms. The molecule has 0 N–H and O–H groups in total. The van der Waals surface area contributed by atoms with Crippen LogP contribution in [-0.4, -0.2) is 50.2 Å². The van der Waals surface area contributed by atoms with Gasteiger partial charge in [0, 0.05) is 12.8 Å². The van der Waals surface area contributed by atoms with E-state index in [9.17, 15) is 9.59 Å². The third kappa shape index (κ3) is 36.7. The molecule has 298 valence electrons. The predicted octanol–water partition coefficient (Wildman–Crippen LogP) is 13.9. The summed E-state index contributed by atoms with van der Waals surface area (Å²) in [4.78, 5) is 27.2. The molecular weight excluding hydrogens is 618 g/mol. The van der Waals surface area contributed by atoms with Crippen LogP contribution in [0, 0.1) is 5.92 Å². The molecule has 0 aromatic carbocycles. The first-order valence-corrected chi connectivity index (χ1v) is 22.4. The average molecular weight is 708 g/mol. The van der Waals surface area contributed by atoms with Crippen LogP contribution in [0.5, 0.6) is 0 Å². The monoisotopic (exact) mass is 708 g/mol. The maximum absolute atomic E-state index is 12.6. The average Bonchev–Trinajstić information content (AvgIpc) is 3.09. The van der Waals surface area contributed by atoms with Crippen molar-refractivity contribution in [1.29, 1.82) is 0 Å². The van der Waals surface area contributed by atoms with Gasteiger partial charge in [-0.1, -0.05) is 181 Å². The Labute approximate surface area is 313 Å². The van der Waals surface area contributed by atoms with Crippen molar-refractivity contribution >= 4 is 11.9 Å². The Hall–Kier alpha value is -1.10. The van der Waals surface area contributed by atoms with E-state index in [0.29, 0.717) is 25.4 Å². The first kappa shape index (κ1) is 48.9. The summed E-state index contributed by atoms with van der Waals surface area (Å²) in [5, 5.41) is 0. The molecule has 0 aromatic heterocycles. The minimum absolute atomic E-state index is 0.0171. The zero-order valence-electron chi connectivity index (χ0n) is 34.7. The van der Waals surface area contributed by atoms with Gasteiger partial charge >= 0.3 is 11.9 Å². The van der Waals surface area contributed by atoms with Crippen molar-refractivity contribution in [2.45, 2.75) is 245 Å². The third-order valence-electron chi connectivity index (χ3n) is 10.5. The minimum atomic E-state index is -0.0495. The molecule has 0 aliphatic carbocycles. The summed E-state index contributed by atoms with van der Waals surface area (Å²) in [5.74, 6) is 0.614. The number of unbranched alkanes of at least 4 members (excludes halogenated alkanes) is 22. The topological polar surface area (TPSA) is 55.8 Å². The molecular formula is C45H89NO4. The summed E-state index contributed by atoms with van der Waals surface area (Å²) in [7, 11) is 4.08. The van der Waals surface area contributed by atoms with E-state index in [4.69, 9.17) is 9.47 Å². The molecule has 5 heteroatoms. The van der Waals surface area contributed by atoms with Gasteiger partial charge in [0.1, 0.15) is 6.10 Å². The molecule has 0 heterocycles. The molecule has 0 amide bonds. The van der Waals surface area contributed by atoms with Gasteiger partial charge in [0.2, 0.25) is 0 Å². The Bertz CT molecular complexity index is 691. The molecule has 0 fully saturated rings. The Morgan fingerprint density at radius 2 is 0.820 bits per heavy atom. The zero-order chi connectivity index (χ0) is 36.8. The largest absolute Gasteiger partial charge is 0.466 e. The second-order valence-corrected chi connectivity index (χ2v) is 15.9. The van der Waals surface area contributed by atoms with Gasteiger partial charge in [0.15, 0.2) is 0 Å². The molecule has 0 saturated carbocycles.